The first kappa shape index (κ1) is 56.9. The molecule has 8 atom stereocenters. The molecule has 8 unspecified atom stereocenters. The van der Waals surface area contributed by atoms with Gasteiger partial charge >= 0.3 is 0 Å². The summed E-state index contributed by atoms with van der Waals surface area (Å²) in [5.74, 6) is -1.38. The van der Waals surface area contributed by atoms with Gasteiger partial charge in [-0.3, -0.25) is 33.6 Å². The van der Waals surface area contributed by atoms with Crippen molar-refractivity contribution in [3.8, 4) is 5.75 Å². The highest BCUT2D eigenvalue weighted by Gasteiger charge is 2.41. The predicted octanol–water partition coefficient (Wildman–Crippen LogP) is 5.54. The van der Waals surface area contributed by atoms with Gasteiger partial charge in [-0.05, 0) is 120 Å². The summed E-state index contributed by atoms with van der Waals surface area (Å²) in [7, 11) is 0. The summed E-state index contributed by atoms with van der Waals surface area (Å²) in [6.45, 7) is 14.2. The van der Waals surface area contributed by atoms with E-state index >= 15 is 0 Å². The molecule has 3 fully saturated rings. The molecule has 16 heteroatoms. The van der Waals surface area contributed by atoms with E-state index in [0.717, 1.165) is 36.7 Å². The summed E-state index contributed by atoms with van der Waals surface area (Å²) in [5.41, 5.74) is 0.822. The second-order valence-corrected chi connectivity index (χ2v) is 20.5. The van der Waals surface area contributed by atoms with E-state index in [1.54, 1.807) is 36.1 Å². The van der Waals surface area contributed by atoms with Crippen molar-refractivity contribution in [3.05, 3.63) is 29.8 Å². The normalized spacial score (nSPS) is 24.4. The number of phenols is 1. The van der Waals surface area contributed by atoms with Gasteiger partial charge in [0.2, 0.25) is 41.4 Å². The van der Waals surface area contributed by atoms with Crippen LogP contribution in [0.4, 0.5) is 0 Å². The summed E-state index contributed by atoms with van der Waals surface area (Å²) >= 11 is 0. The monoisotopic (exact) mass is 965 g/mol. The van der Waals surface area contributed by atoms with Gasteiger partial charge in [0.05, 0.1) is 0 Å². The molecule has 0 saturated carbocycles. The van der Waals surface area contributed by atoms with E-state index in [1.165, 1.54) is 37.0 Å². The Morgan fingerprint density at radius 1 is 0.681 bits per heavy atom. The molecule has 3 aliphatic rings. The number of nitrogens with one attached hydrogen (secondary N) is 6. The number of hydrogen-bond donors (Lipinski definition) is 7. The lowest BCUT2D eigenvalue weighted by molar-refractivity contribution is -0.143. The minimum absolute atomic E-state index is 0.0948. The number of amides is 7. The lowest BCUT2D eigenvalue weighted by Crippen LogP contribution is -2.59. The fraction of sp³-hybridized carbons (Fsp3) is 0.755. The Kier molecular flexibility index (Phi) is 24.8. The average Bonchev–Trinajstić information content (AvgIpc) is 4.03. The molecule has 0 aliphatic carbocycles. The number of unbranched alkanes of at least 4 members (excludes halogenated alkanes) is 5. The van der Waals surface area contributed by atoms with E-state index in [9.17, 15) is 38.7 Å². The van der Waals surface area contributed by atoms with E-state index in [0.29, 0.717) is 70.9 Å². The largest absolute Gasteiger partial charge is 0.508 e. The minimum atomic E-state index is -1.09. The van der Waals surface area contributed by atoms with Gasteiger partial charge in [0.25, 0.3) is 0 Å². The number of fused-ring (bicyclic) bond motifs is 2. The van der Waals surface area contributed by atoms with E-state index in [4.69, 9.17) is 0 Å². The molecule has 0 aromatic heterocycles. The molecule has 7 amide bonds. The van der Waals surface area contributed by atoms with Crippen LogP contribution >= 0.6 is 0 Å². The molecule has 16 nitrogen and oxygen atoms in total. The van der Waals surface area contributed by atoms with Gasteiger partial charge in [-0.1, -0.05) is 98.6 Å². The van der Waals surface area contributed by atoms with E-state index in [1.807, 2.05) is 13.8 Å². The Morgan fingerprint density at radius 3 is 1.94 bits per heavy atom. The first-order valence-corrected chi connectivity index (χ1v) is 26.7. The van der Waals surface area contributed by atoms with E-state index < -0.39 is 59.9 Å². The molecular formula is C53H88N8O8. The fourth-order valence-electron chi connectivity index (χ4n) is 9.98. The number of aryl methyl sites for hydroxylation is 1. The Labute approximate surface area is 412 Å². The molecule has 0 radical (unpaired) electrons. The van der Waals surface area contributed by atoms with Crippen LogP contribution in [0.15, 0.2) is 24.3 Å². The van der Waals surface area contributed by atoms with Crippen molar-refractivity contribution in [2.45, 2.75) is 219 Å². The van der Waals surface area contributed by atoms with Crippen molar-refractivity contribution in [1.82, 2.24) is 41.7 Å². The first-order valence-electron chi connectivity index (χ1n) is 26.7. The molecule has 3 saturated heterocycles. The number of aromatic hydroxyl groups is 1. The zero-order valence-electron chi connectivity index (χ0n) is 42.9. The van der Waals surface area contributed by atoms with Crippen LogP contribution < -0.4 is 31.9 Å². The number of carbonyl (C=O) groups excluding carboxylic acids is 7. The van der Waals surface area contributed by atoms with Crippen LogP contribution in [0.5, 0.6) is 5.75 Å². The van der Waals surface area contributed by atoms with Crippen LogP contribution in [-0.2, 0) is 40.0 Å². The maximum Gasteiger partial charge on any atom is 0.245 e. The summed E-state index contributed by atoms with van der Waals surface area (Å²) in [5, 5.41) is 27.9. The molecule has 0 spiro atoms. The van der Waals surface area contributed by atoms with Crippen molar-refractivity contribution in [2.24, 2.45) is 11.8 Å². The number of nitrogens with zero attached hydrogens (tertiary/aromatic N) is 2. The van der Waals surface area contributed by atoms with Gasteiger partial charge in [0, 0.05) is 32.1 Å². The Bertz CT molecular complexity index is 1790. The highest BCUT2D eigenvalue weighted by atomic mass is 16.3. The average molecular weight is 965 g/mol. The SMILES string of the molecule is CCC(C)CC(C)CCCCCCCCC(=O)NC1CCCNC(=O)C2CCCN2C(=O)C(CCCNC(C)C)NC(=O)C(CCc2ccc(O)cc2)NC(=O)C2CCCN2C(=O)C(CC)NC1=O. The molecular weight excluding hydrogens is 877 g/mol. The number of phenolic OH excluding ortho intramolecular Hbond substituents is 1. The molecule has 7 N–H and O–H groups in total. The van der Waals surface area contributed by atoms with E-state index in [2.05, 4.69) is 52.7 Å². The number of hydrogen-bond acceptors (Lipinski definition) is 9. The highest BCUT2D eigenvalue weighted by molar-refractivity contribution is 5.97. The molecule has 388 valence electrons. The zero-order valence-corrected chi connectivity index (χ0v) is 42.9. The molecule has 3 aliphatic heterocycles. The minimum Gasteiger partial charge on any atom is -0.508 e. The second kappa shape index (κ2) is 30.1. The van der Waals surface area contributed by atoms with Gasteiger partial charge in [-0.2, -0.15) is 0 Å². The van der Waals surface area contributed by atoms with Gasteiger partial charge in [0.1, 0.15) is 42.0 Å². The van der Waals surface area contributed by atoms with Gasteiger partial charge < -0.3 is 46.8 Å². The zero-order chi connectivity index (χ0) is 50.3. The van der Waals surface area contributed by atoms with Crippen LogP contribution in [-0.4, -0.2) is 125 Å². The summed E-state index contributed by atoms with van der Waals surface area (Å²) in [6, 6.07) is 1.11. The Balaban J connectivity index is 1.52. The molecule has 0 bridgehead atoms. The van der Waals surface area contributed by atoms with E-state index in [-0.39, 0.29) is 68.3 Å². The van der Waals surface area contributed by atoms with Crippen LogP contribution in [0.3, 0.4) is 0 Å². The first-order chi connectivity index (χ1) is 33.1. The van der Waals surface area contributed by atoms with Crippen molar-refractivity contribution < 1.29 is 38.7 Å². The van der Waals surface area contributed by atoms with Gasteiger partial charge in [-0.25, -0.2) is 0 Å². The lowest BCUT2D eigenvalue weighted by atomic mass is 9.91. The summed E-state index contributed by atoms with van der Waals surface area (Å²) < 4.78 is 0. The van der Waals surface area contributed by atoms with Crippen molar-refractivity contribution >= 4 is 41.4 Å². The van der Waals surface area contributed by atoms with Crippen molar-refractivity contribution in [3.63, 3.8) is 0 Å². The Morgan fingerprint density at radius 2 is 1.29 bits per heavy atom. The fourth-order valence-corrected chi connectivity index (χ4v) is 9.98. The number of carbonyl (C=O) groups is 7. The third kappa shape index (κ3) is 19.2. The maximum atomic E-state index is 14.5. The highest BCUT2D eigenvalue weighted by Crippen LogP contribution is 2.24. The third-order valence-corrected chi connectivity index (χ3v) is 14.3. The smallest absolute Gasteiger partial charge is 0.245 e. The number of benzene rings is 1. The molecule has 4 rings (SSSR count). The van der Waals surface area contributed by atoms with Crippen LogP contribution in [0.2, 0.25) is 0 Å². The van der Waals surface area contributed by atoms with Crippen LogP contribution in [0.1, 0.15) is 176 Å². The van der Waals surface area contributed by atoms with Crippen molar-refractivity contribution in [2.75, 3.05) is 26.2 Å². The summed E-state index contributed by atoms with van der Waals surface area (Å²) in [4.78, 5) is 102. The topological polar surface area (TPSA) is 218 Å². The van der Waals surface area contributed by atoms with Gasteiger partial charge in [-0.15, -0.1) is 0 Å². The maximum absolute atomic E-state index is 14.5. The molecule has 1 aromatic carbocycles. The third-order valence-electron chi connectivity index (χ3n) is 14.3. The quantitative estimate of drug-likeness (QED) is 0.0726. The van der Waals surface area contributed by atoms with Crippen LogP contribution in [0.25, 0.3) is 0 Å². The van der Waals surface area contributed by atoms with Crippen molar-refractivity contribution in [1.29, 1.82) is 0 Å². The number of rotatable bonds is 22. The second-order valence-electron chi connectivity index (χ2n) is 20.5. The van der Waals surface area contributed by atoms with Crippen LogP contribution in [0, 0.1) is 11.8 Å². The standard InChI is InChI=1S/C53H88N8O8/c1-7-37(5)35-38(6)19-13-11-9-10-12-14-24-47(63)56-42-20-15-32-55-50(66)45-22-17-33-60(45)53(69)44(21-16-31-54-36(3)4)59-49(65)43(30-27-39-25-28-40(62)29-26-39)58-51(67)46-23-18-34-61(46)52(68)41(8-2)57-48(42)64/h25-26,28-29,36-38,41-46,54,62H,7-24,27,30-35H2,1-6H3,(H,55,66)(H,56,63)(H,57,64)(H,58,67)(H,59,65). The van der Waals surface area contributed by atoms with Gasteiger partial charge in [0.15, 0.2) is 0 Å². The lowest BCUT2D eigenvalue weighted by Gasteiger charge is -2.31. The molecule has 1 aromatic rings. The predicted molar refractivity (Wildman–Crippen MR) is 269 cm³/mol. The Hall–Kier alpha value is -4.73. The molecule has 3 heterocycles. The molecule has 69 heavy (non-hydrogen) atoms. The summed E-state index contributed by atoms with van der Waals surface area (Å²) in [6.07, 6.45) is 14.3.